The molecule has 2 rings (SSSR count). The number of hydrogen-bond donors (Lipinski definition) is 1. The Hall–Kier alpha value is -2.28. The maximum absolute atomic E-state index is 13.4. The Morgan fingerprint density at radius 2 is 1.75 bits per heavy atom. The van der Waals surface area contributed by atoms with Crippen LogP contribution in [0.3, 0.4) is 0 Å². The fourth-order valence-corrected chi connectivity index (χ4v) is 2.54. The number of carbonyl (C=O) groups excluding carboxylic acids is 1. The van der Waals surface area contributed by atoms with Gasteiger partial charge in [-0.25, -0.2) is 4.39 Å². The number of rotatable bonds is 7. The predicted molar refractivity (Wildman–Crippen MR) is 91.5 cm³/mol. The van der Waals surface area contributed by atoms with Crippen LogP contribution in [0.2, 0.25) is 0 Å². The summed E-state index contributed by atoms with van der Waals surface area (Å²) in [4.78, 5) is 12.2. The quantitative estimate of drug-likeness (QED) is 0.727. The standard InChI is InChI=1S/C17H17BrFNO4/c1-22-14-9-11(10-15(23-2)16(14)18)17(21)20-7-8-24-13-6-4-3-5-12(13)19/h3-6,9-10H,7-8H2,1-2H3,(H,20,21). The van der Waals surface area contributed by atoms with Crippen LogP contribution in [-0.4, -0.2) is 33.3 Å². The highest BCUT2D eigenvalue weighted by Crippen LogP contribution is 2.35. The molecule has 5 nitrogen and oxygen atoms in total. The smallest absolute Gasteiger partial charge is 0.251 e. The van der Waals surface area contributed by atoms with Gasteiger partial charge in [0.25, 0.3) is 5.91 Å². The Morgan fingerprint density at radius 3 is 2.33 bits per heavy atom. The molecule has 1 amide bonds. The molecule has 0 aliphatic carbocycles. The lowest BCUT2D eigenvalue weighted by atomic mass is 10.2. The van der Waals surface area contributed by atoms with Crippen molar-refractivity contribution in [1.82, 2.24) is 5.32 Å². The van der Waals surface area contributed by atoms with Crippen LogP contribution in [0.15, 0.2) is 40.9 Å². The minimum atomic E-state index is -0.439. The first kappa shape index (κ1) is 18.1. The van der Waals surface area contributed by atoms with Gasteiger partial charge in [0.05, 0.1) is 20.8 Å². The van der Waals surface area contributed by atoms with E-state index in [4.69, 9.17) is 14.2 Å². The lowest BCUT2D eigenvalue weighted by Gasteiger charge is -2.12. The molecule has 128 valence electrons. The number of methoxy groups -OCH3 is 2. The Kier molecular flexibility index (Phi) is 6.43. The summed E-state index contributed by atoms with van der Waals surface area (Å²) in [5.41, 5.74) is 0.387. The average molecular weight is 398 g/mol. The van der Waals surface area contributed by atoms with Crippen molar-refractivity contribution in [3.63, 3.8) is 0 Å². The van der Waals surface area contributed by atoms with Crippen LogP contribution in [-0.2, 0) is 0 Å². The van der Waals surface area contributed by atoms with E-state index in [1.807, 2.05) is 0 Å². The zero-order valence-corrected chi connectivity index (χ0v) is 14.9. The summed E-state index contributed by atoms with van der Waals surface area (Å²) in [7, 11) is 3.01. The SMILES string of the molecule is COc1cc(C(=O)NCCOc2ccccc2F)cc(OC)c1Br. The molecule has 0 fully saturated rings. The molecule has 0 aliphatic rings. The van der Waals surface area contributed by atoms with E-state index in [1.165, 1.54) is 26.4 Å². The number of para-hydroxylation sites is 1. The van der Waals surface area contributed by atoms with Gasteiger partial charge in [-0.2, -0.15) is 0 Å². The molecule has 0 radical (unpaired) electrons. The lowest BCUT2D eigenvalue weighted by Crippen LogP contribution is -2.28. The number of hydrogen-bond acceptors (Lipinski definition) is 4. The molecule has 0 atom stereocenters. The van der Waals surface area contributed by atoms with Crippen LogP contribution in [0.25, 0.3) is 0 Å². The lowest BCUT2D eigenvalue weighted by molar-refractivity contribution is 0.0946. The molecule has 0 unspecified atom stereocenters. The van der Waals surface area contributed by atoms with Crippen molar-refractivity contribution in [1.29, 1.82) is 0 Å². The third-order valence-electron chi connectivity index (χ3n) is 3.19. The van der Waals surface area contributed by atoms with Gasteiger partial charge in [-0.1, -0.05) is 12.1 Å². The Labute approximate surface area is 147 Å². The van der Waals surface area contributed by atoms with Gasteiger partial charge in [-0.15, -0.1) is 0 Å². The van der Waals surface area contributed by atoms with E-state index >= 15 is 0 Å². The topological polar surface area (TPSA) is 56.8 Å². The van der Waals surface area contributed by atoms with E-state index in [-0.39, 0.29) is 24.8 Å². The van der Waals surface area contributed by atoms with Crippen molar-refractivity contribution in [3.8, 4) is 17.2 Å². The Morgan fingerprint density at radius 1 is 1.12 bits per heavy atom. The number of ether oxygens (including phenoxy) is 3. The van der Waals surface area contributed by atoms with Crippen LogP contribution in [0.1, 0.15) is 10.4 Å². The first-order valence-electron chi connectivity index (χ1n) is 7.14. The van der Waals surface area contributed by atoms with Crippen LogP contribution in [0, 0.1) is 5.82 Å². The summed E-state index contributed by atoms with van der Waals surface area (Å²) in [6.45, 7) is 0.380. The Balaban J connectivity index is 1.94. The molecule has 0 heterocycles. The third-order valence-corrected chi connectivity index (χ3v) is 3.97. The fraction of sp³-hybridized carbons (Fsp3) is 0.235. The molecule has 1 N–H and O–H groups in total. The molecular formula is C17H17BrFNO4. The summed E-state index contributed by atoms with van der Waals surface area (Å²) in [5, 5.41) is 2.70. The number of amides is 1. The van der Waals surface area contributed by atoms with Crippen molar-refractivity contribution in [2.75, 3.05) is 27.4 Å². The van der Waals surface area contributed by atoms with E-state index in [9.17, 15) is 9.18 Å². The van der Waals surface area contributed by atoms with Crippen LogP contribution >= 0.6 is 15.9 Å². The molecule has 0 bridgehead atoms. The van der Waals surface area contributed by atoms with Gasteiger partial charge in [-0.05, 0) is 40.2 Å². The first-order chi connectivity index (χ1) is 11.6. The molecule has 0 aromatic heterocycles. The van der Waals surface area contributed by atoms with E-state index < -0.39 is 5.82 Å². The summed E-state index contributed by atoms with van der Waals surface area (Å²) in [6.07, 6.45) is 0. The van der Waals surface area contributed by atoms with Gasteiger partial charge in [0.2, 0.25) is 0 Å². The normalized spacial score (nSPS) is 10.2. The highest BCUT2D eigenvalue weighted by molar-refractivity contribution is 9.10. The summed E-state index contributed by atoms with van der Waals surface area (Å²) >= 11 is 3.34. The molecule has 24 heavy (non-hydrogen) atoms. The Bertz CT molecular complexity index is 698. The summed E-state index contributed by atoms with van der Waals surface area (Å²) < 4.78 is 29.7. The first-order valence-corrected chi connectivity index (χ1v) is 7.93. The fourth-order valence-electron chi connectivity index (χ4n) is 1.99. The maximum atomic E-state index is 13.4. The van der Waals surface area contributed by atoms with Crippen LogP contribution in [0.5, 0.6) is 17.2 Å². The van der Waals surface area contributed by atoms with E-state index in [0.717, 1.165) is 0 Å². The predicted octanol–water partition coefficient (Wildman–Crippen LogP) is 3.41. The second kappa shape index (κ2) is 8.54. The average Bonchev–Trinajstić information content (AvgIpc) is 2.60. The van der Waals surface area contributed by atoms with E-state index in [1.54, 1.807) is 24.3 Å². The molecule has 0 aliphatic heterocycles. The van der Waals surface area contributed by atoms with Gasteiger partial charge >= 0.3 is 0 Å². The highest BCUT2D eigenvalue weighted by atomic mass is 79.9. The van der Waals surface area contributed by atoms with Crippen molar-refractivity contribution in [2.45, 2.75) is 0 Å². The van der Waals surface area contributed by atoms with Crippen molar-refractivity contribution >= 4 is 21.8 Å². The second-order valence-corrected chi connectivity index (χ2v) is 5.52. The van der Waals surface area contributed by atoms with Gasteiger partial charge in [0.1, 0.15) is 22.6 Å². The minimum absolute atomic E-state index is 0.150. The molecular weight excluding hydrogens is 381 g/mol. The molecule has 0 saturated heterocycles. The number of halogens is 2. The monoisotopic (exact) mass is 397 g/mol. The molecule has 2 aromatic carbocycles. The largest absolute Gasteiger partial charge is 0.495 e. The maximum Gasteiger partial charge on any atom is 0.251 e. The van der Waals surface area contributed by atoms with Crippen LogP contribution < -0.4 is 19.5 Å². The third kappa shape index (κ3) is 4.38. The second-order valence-electron chi connectivity index (χ2n) is 4.73. The van der Waals surface area contributed by atoms with E-state index in [2.05, 4.69) is 21.2 Å². The number of benzene rings is 2. The molecule has 7 heteroatoms. The van der Waals surface area contributed by atoms with Crippen LogP contribution in [0.4, 0.5) is 4.39 Å². The van der Waals surface area contributed by atoms with Crippen molar-refractivity contribution < 1.29 is 23.4 Å². The summed E-state index contributed by atoms with van der Waals surface area (Å²) in [5.74, 6) is 0.380. The number of carbonyl (C=O) groups is 1. The highest BCUT2D eigenvalue weighted by Gasteiger charge is 2.14. The zero-order chi connectivity index (χ0) is 17.5. The molecule has 2 aromatic rings. The molecule has 0 saturated carbocycles. The van der Waals surface area contributed by atoms with Gasteiger partial charge in [-0.3, -0.25) is 4.79 Å². The van der Waals surface area contributed by atoms with Gasteiger partial charge < -0.3 is 19.5 Å². The summed E-state index contributed by atoms with van der Waals surface area (Å²) in [6, 6.07) is 9.30. The van der Waals surface area contributed by atoms with Crippen molar-refractivity contribution in [3.05, 3.63) is 52.3 Å². The van der Waals surface area contributed by atoms with Gasteiger partial charge in [0.15, 0.2) is 11.6 Å². The van der Waals surface area contributed by atoms with Gasteiger partial charge in [0, 0.05) is 5.56 Å². The zero-order valence-electron chi connectivity index (χ0n) is 13.3. The van der Waals surface area contributed by atoms with Crippen molar-refractivity contribution in [2.24, 2.45) is 0 Å². The molecule has 0 spiro atoms. The van der Waals surface area contributed by atoms with E-state index in [0.29, 0.717) is 21.5 Å². The number of nitrogens with one attached hydrogen (secondary N) is 1. The minimum Gasteiger partial charge on any atom is -0.495 e.